The van der Waals surface area contributed by atoms with Crippen LogP contribution in [0.4, 0.5) is 0 Å². The Balaban J connectivity index is 1.67. The third kappa shape index (κ3) is 4.37. The molecule has 3 rings (SSSR count). The first-order valence-electron chi connectivity index (χ1n) is 8.61. The zero-order chi connectivity index (χ0) is 19.9. The van der Waals surface area contributed by atoms with E-state index in [2.05, 4.69) is 10.2 Å². The molecule has 28 heavy (non-hydrogen) atoms. The maximum absolute atomic E-state index is 12.2. The maximum atomic E-state index is 12.2. The molecule has 0 saturated heterocycles. The maximum Gasteiger partial charge on any atom is 0.331 e. The molecule has 0 spiro atoms. The van der Waals surface area contributed by atoms with Gasteiger partial charge in [-0.1, -0.05) is 30.3 Å². The Kier molecular flexibility index (Phi) is 6.06. The summed E-state index contributed by atoms with van der Waals surface area (Å²) < 4.78 is 21.5. The van der Waals surface area contributed by atoms with Gasteiger partial charge in [0.2, 0.25) is 5.89 Å². The lowest BCUT2D eigenvalue weighted by atomic mass is 10.1. The van der Waals surface area contributed by atoms with Gasteiger partial charge in [-0.2, -0.15) is 0 Å². The van der Waals surface area contributed by atoms with Gasteiger partial charge in [0.05, 0.1) is 14.2 Å². The molecule has 0 saturated carbocycles. The molecule has 1 heterocycles. The van der Waals surface area contributed by atoms with E-state index in [4.69, 9.17) is 18.6 Å². The molecule has 0 aliphatic carbocycles. The Labute approximate surface area is 162 Å². The molecule has 0 amide bonds. The van der Waals surface area contributed by atoms with Crippen LogP contribution in [0.5, 0.6) is 11.5 Å². The summed E-state index contributed by atoms with van der Waals surface area (Å²) in [7, 11) is 3.09. The lowest BCUT2D eigenvalue weighted by Crippen LogP contribution is -2.06. The minimum atomic E-state index is -0.686. The van der Waals surface area contributed by atoms with Gasteiger partial charge >= 0.3 is 5.97 Å². The average molecular weight is 380 g/mol. The van der Waals surface area contributed by atoms with E-state index < -0.39 is 12.1 Å². The summed E-state index contributed by atoms with van der Waals surface area (Å²) in [5, 5.41) is 7.95. The van der Waals surface area contributed by atoms with Gasteiger partial charge in [0.25, 0.3) is 5.89 Å². The molecular weight excluding hydrogens is 360 g/mol. The Bertz CT molecular complexity index is 966. The first kappa shape index (κ1) is 19.2. The van der Waals surface area contributed by atoms with Gasteiger partial charge in [-0.05, 0) is 31.2 Å². The number of carbonyl (C=O) groups is 1. The number of ether oxygens (including phenoxy) is 3. The molecule has 0 aliphatic heterocycles. The van der Waals surface area contributed by atoms with Crippen LogP contribution in [-0.4, -0.2) is 30.4 Å². The lowest BCUT2D eigenvalue weighted by Gasteiger charge is -2.10. The first-order chi connectivity index (χ1) is 13.6. The predicted octanol–water partition coefficient (Wildman–Crippen LogP) is 4.07. The molecular formula is C21H20N2O5. The van der Waals surface area contributed by atoms with Gasteiger partial charge in [-0.25, -0.2) is 4.79 Å². The van der Waals surface area contributed by atoms with E-state index in [9.17, 15) is 4.79 Å². The van der Waals surface area contributed by atoms with Crippen LogP contribution < -0.4 is 9.47 Å². The zero-order valence-electron chi connectivity index (χ0n) is 15.8. The highest BCUT2D eigenvalue weighted by Crippen LogP contribution is 2.31. The number of methoxy groups -OCH3 is 2. The number of esters is 1. The van der Waals surface area contributed by atoms with Crippen molar-refractivity contribution < 1.29 is 23.4 Å². The molecule has 1 aromatic heterocycles. The Morgan fingerprint density at radius 3 is 2.54 bits per heavy atom. The van der Waals surface area contributed by atoms with Crippen LogP contribution in [0, 0.1) is 0 Å². The van der Waals surface area contributed by atoms with Crippen LogP contribution in [0.1, 0.15) is 24.5 Å². The number of aromatic nitrogens is 2. The smallest absolute Gasteiger partial charge is 0.331 e. The van der Waals surface area contributed by atoms with Gasteiger partial charge in [0, 0.05) is 17.2 Å². The summed E-state index contributed by atoms with van der Waals surface area (Å²) in [5.41, 5.74) is 1.49. The molecule has 7 nitrogen and oxygen atoms in total. The van der Waals surface area contributed by atoms with Gasteiger partial charge in [-0.15, -0.1) is 10.2 Å². The lowest BCUT2D eigenvalue weighted by molar-refractivity contribution is -0.143. The van der Waals surface area contributed by atoms with Crippen LogP contribution in [-0.2, 0) is 9.53 Å². The summed E-state index contributed by atoms with van der Waals surface area (Å²) in [6.07, 6.45) is 2.22. The fourth-order valence-corrected chi connectivity index (χ4v) is 2.56. The van der Waals surface area contributed by atoms with Crippen molar-refractivity contribution in [3.05, 3.63) is 66.1 Å². The van der Waals surface area contributed by atoms with E-state index in [1.165, 1.54) is 13.2 Å². The molecule has 0 aliphatic rings. The fourth-order valence-electron chi connectivity index (χ4n) is 2.56. The third-order valence-corrected chi connectivity index (χ3v) is 3.93. The molecule has 2 aromatic carbocycles. The van der Waals surface area contributed by atoms with Gasteiger partial charge in [0.1, 0.15) is 0 Å². The van der Waals surface area contributed by atoms with E-state index in [1.807, 2.05) is 30.3 Å². The predicted molar refractivity (Wildman–Crippen MR) is 103 cm³/mol. The van der Waals surface area contributed by atoms with E-state index in [1.54, 1.807) is 38.3 Å². The Morgan fingerprint density at radius 1 is 1.04 bits per heavy atom. The average Bonchev–Trinajstić information content (AvgIpc) is 3.23. The van der Waals surface area contributed by atoms with Gasteiger partial charge in [-0.3, -0.25) is 0 Å². The second kappa shape index (κ2) is 8.85. The topological polar surface area (TPSA) is 83.7 Å². The molecule has 0 N–H and O–H groups in total. The van der Waals surface area contributed by atoms with Crippen LogP contribution >= 0.6 is 0 Å². The highest BCUT2D eigenvalue weighted by Gasteiger charge is 2.18. The SMILES string of the molecule is COc1cccc(/C=C/C(=O)O[C@@H](C)c2nnc(-c3ccccc3)o2)c1OC. The van der Waals surface area contributed by atoms with E-state index in [-0.39, 0.29) is 5.89 Å². The van der Waals surface area contributed by atoms with E-state index in [0.29, 0.717) is 23.0 Å². The zero-order valence-corrected chi connectivity index (χ0v) is 15.8. The third-order valence-electron chi connectivity index (χ3n) is 3.93. The van der Waals surface area contributed by atoms with Crippen LogP contribution in [0.15, 0.2) is 59.0 Å². The minimum absolute atomic E-state index is 0.222. The summed E-state index contributed by atoms with van der Waals surface area (Å²) in [6.45, 7) is 1.67. The molecule has 1 atom stereocenters. The number of rotatable bonds is 7. The van der Waals surface area contributed by atoms with Gasteiger partial charge in [0.15, 0.2) is 17.6 Å². The highest BCUT2D eigenvalue weighted by atomic mass is 16.6. The molecule has 7 heteroatoms. The molecule has 3 aromatic rings. The number of carbonyl (C=O) groups excluding carboxylic acids is 1. The first-order valence-corrected chi connectivity index (χ1v) is 8.61. The van der Waals surface area contributed by atoms with Crippen LogP contribution in [0.2, 0.25) is 0 Å². The van der Waals surface area contributed by atoms with Crippen molar-refractivity contribution in [2.45, 2.75) is 13.0 Å². The van der Waals surface area contributed by atoms with E-state index >= 15 is 0 Å². The van der Waals surface area contributed by atoms with Crippen molar-refractivity contribution >= 4 is 12.0 Å². The molecule has 0 bridgehead atoms. The van der Waals surface area contributed by atoms with Crippen LogP contribution in [0.25, 0.3) is 17.5 Å². The quantitative estimate of drug-likeness (QED) is 0.451. The largest absolute Gasteiger partial charge is 0.493 e. The molecule has 0 fully saturated rings. The normalized spacial score (nSPS) is 12.0. The Hall–Kier alpha value is -3.61. The van der Waals surface area contributed by atoms with Gasteiger partial charge < -0.3 is 18.6 Å². The van der Waals surface area contributed by atoms with E-state index in [0.717, 1.165) is 5.56 Å². The van der Waals surface area contributed by atoms with Crippen LogP contribution in [0.3, 0.4) is 0 Å². The number of hydrogen-bond acceptors (Lipinski definition) is 7. The monoisotopic (exact) mass is 380 g/mol. The fraction of sp³-hybridized carbons (Fsp3) is 0.190. The second-order valence-electron chi connectivity index (χ2n) is 5.81. The summed E-state index contributed by atoms with van der Waals surface area (Å²) >= 11 is 0. The molecule has 0 radical (unpaired) electrons. The van der Waals surface area contributed by atoms with Crippen molar-refractivity contribution in [1.82, 2.24) is 10.2 Å². The van der Waals surface area contributed by atoms with Crippen molar-refractivity contribution in [3.63, 3.8) is 0 Å². The number of hydrogen-bond donors (Lipinski definition) is 0. The summed E-state index contributed by atoms with van der Waals surface area (Å²) in [4.78, 5) is 12.2. The van der Waals surface area contributed by atoms with Crippen molar-refractivity contribution in [1.29, 1.82) is 0 Å². The number of nitrogens with zero attached hydrogens (tertiary/aromatic N) is 2. The minimum Gasteiger partial charge on any atom is -0.493 e. The summed E-state index contributed by atoms with van der Waals surface area (Å²) in [6, 6.07) is 14.7. The molecule has 0 unspecified atom stereocenters. The second-order valence-corrected chi connectivity index (χ2v) is 5.81. The van der Waals surface area contributed by atoms with Crippen molar-refractivity contribution in [3.8, 4) is 23.0 Å². The molecule has 144 valence electrons. The Morgan fingerprint density at radius 2 is 1.82 bits per heavy atom. The standard InChI is InChI=1S/C21H20N2O5/c1-14(20-22-23-21(28-20)16-8-5-4-6-9-16)27-18(24)13-12-15-10-7-11-17(25-2)19(15)26-3/h4-14H,1-3H3/b13-12+/t14-/m0/s1. The van der Waals surface area contributed by atoms with Crippen molar-refractivity contribution in [2.75, 3.05) is 14.2 Å². The van der Waals surface area contributed by atoms with Crippen molar-refractivity contribution in [2.24, 2.45) is 0 Å². The summed E-state index contributed by atoms with van der Waals surface area (Å²) in [5.74, 6) is 1.16. The highest BCUT2D eigenvalue weighted by molar-refractivity contribution is 5.88. The number of benzene rings is 2. The number of para-hydroxylation sites is 1.